The fourth-order valence-corrected chi connectivity index (χ4v) is 3.23. The van der Waals surface area contributed by atoms with Gasteiger partial charge in [0, 0.05) is 18.6 Å². The number of nitrogens with zero attached hydrogens (tertiary/aromatic N) is 1. The predicted octanol–water partition coefficient (Wildman–Crippen LogP) is 2.64. The van der Waals surface area contributed by atoms with Gasteiger partial charge in [0.2, 0.25) is 0 Å². The third-order valence-corrected chi connectivity index (χ3v) is 4.60. The van der Waals surface area contributed by atoms with Crippen LogP contribution < -0.4 is 5.32 Å². The molecule has 94 valence electrons. The molecule has 0 aromatic rings. The number of rotatable bonds is 3. The molecular weight excluding hydrogens is 196 g/mol. The van der Waals surface area contributed by atoms with Crippen molar-refractivity contribution < 1.29 is 0 Å². The average Bonchev–Trinajstić information content (AvgIpc) is 2.70. The van der Waals surface area contributed by atoms with Crippen LogP contribution in [0, 0.1) is 5.41 Å². The highest BCUT2D eigenvalue weighted by molar-refractivity contribution is 4.85. The third-order valence-electron chi connectivity index (χ3n) is 4.60. The summed E-state index contributed by atoms with van der Waals surface area (Å²) in [5.41, 5.74) is 0.600. The Hall–Kier alpha value is -0.0800. The summed E-state index contributed by atoms with van der Waals surface area (Å²) < 4.78 is 0. The van der Waals surface area contributed by atoms with Crippen LogP contribution in [-0.4, -0.2) is 37.1 Å². The Balaban J connectivity index is 1.75. The van der Waals surface area contributed by atoms with Crippen molar-refractivity contribution in [2.75, 3.05) is 20.1 Å². The Morgan fingerprint density at radius 3 is 2.44 bits per heavy atom. The first-order chi connectivity index (χ1) is 7.57. The second-order valence-electron chi connectivity index (χ2n) is 6.63. The molecule has 1 saturated heterocycles. The molecule has 1 unspecified atom stereocenters. The molecule has 1 atom stereocenters. The first kappa shape index (κ1) is 12.4. The van der Waals surface area contributed by atoms with Crippen molar-refractivity contribution in [1.29, 1.82) is 0 Å². The lowest BCUT2D eigenvalue weighted by atomic mass is 9.75. The topological polar surface area (TPSA) is 15.3 Å². The van der Waals surface area contributed by atoms with Gasteiger partial charge in [-0.1, -0.05) is 13.8 Å². The van der Waals surface area contributed by atoms with Crippen LogP contribution in [0.1, 0.15) is 52.4 Å². The van der Waals surface area contributed by atoms with E-state index in [0.29, 0.717) is 5.41 Å². The van der Waals surface area contributed by atoms with Gasteiger partial charge >= 0.3 is 0 Å². The maximum absolute atomic E-state index is 3.60. The van der Waals surface area contributed by atoms with E-state index in [1.54, 1.807) is 0 Å². The van der Waals surface area contributed by atoms with E-state index in [1.165, 1.54) is 51.6 Å². The SMILES string of the molecule is CN(CC1CCCN1)C1CCC(C)(C)CC1. The standard InChI is InChI=1S/C14H28N2/c1-14(2)8-6-13(7-9-14)16(3)11-12-5-4-10-15-12/h12-13,15H,4-11H2,1-3H3. The largest absolute Gasteiger partial charge is 0.313 e. The van der Waals surface area contributed by atoms with E-state index < -0.39 is 0 Å². The minimum atomic E-state index is 0.600. The molecule has 1 aliphatic carbocycles. The Labute approximate surface area is 101 Å². The second kappa shape index (κ2) is 5.05. The van der Waals surface area contributed by atoms with Gasteiger partial charge in [0.1, 0.15) is 0 Å². The van der Waals surface area contributed by atoms with Gasteiger partial charge in [-0.3, -0.25) is 0 Å². The Morgan fingerprint density at radius 2 is 1.88 bits per heavy atom. The van der Waals surface area contributed by atoms with Gasteiger partial charge in [-0.2, -0.15) is 0 Å². The van der Waals surface area contributed by atoms with Crippen LogP contribution in [0.5, 0.6) is 0 Å². The molecule has 2 fully saturated rings. The van der Waals surface area contributed by atoms with Crippen LogP contribution >= 0.6 is 0 Å². The summed E-state index contributed by atoms with van der Waals surface area (Å²) in [6.07, 6.45) is 8.35. The van der Waals surface area contributed by atoms with Gasteiger partial charge < -0.3 is 10.2 Å². The molecule has 2 rings (SSSR count). The Morgan fingerprint density at radius 1 is 1.19 bits per heavy atom. The lowest BCUT2D eigenvalue weighted by Crippen LogP contribution is -2.43. The van der Waals surface area contributed by atoms with Crippen LogP contribution in [0.2, 0.25) is 0 Å². The van der Waals surface area contributed by atoms with E-state index in [-0.39, 0.29) is 0 Å². The van der Waals surface area contributed by atoms with E-state index in [9.17, 15) is 0 Å². The third kappa shape index (κ3) is 3.21. The van der Waals surface area contributed by atoms with E-state index in [2.05, 4.69) is 31.1 Å². The van der Waals surface area contributed by atoms with Crippen LogP contribution in [0.15, 0.2) is 0 Å². The van der Waals surface area contributed by atoms with Crippen molar-refractivity contribution in [2.24, 2.45) is 5.41 Å². The Kier molecular flexibility index (Phi) is 3.91. The van der Waals surface area contributed by atoms with Crippen LogP contribution in [0.25, 0.3) is 0 Å². The van der Waals surface area contributed by atoms with Gasteiger partial charge in [-0.25, -0.2) is 0 Å². The lowest BCUT2D eigenvalue weighted by Gasteiger charge is -2.39. The van der Waals surface area contributed by atoms with Crippen LogP contribution in [0.3, 0.4) is 0 Å². The second-order valence-corrected chi connectivity index (χ2v) is 6.63. The summed E-state index contributed by atoms with van der Waals surface area (Å²) in [5, 5.41) is 3.60. The molecule has 2 nitrogen and oxygen atoms in total. The number of nitrogens with one attached hydrogen (secondary N) is 1. The molecule has 2 aliphatic rings. The summed E-state index contributed by atoms with van der Waals surface area (Å²) in [4.78, 5) is 2.61. The first-order valence-electron chi connectivity index (χ1n) is 7.00. The summed E-state index contributed by atoms with van der Waals surface area (Å²) in [6.45, 7) is 7.32. The molecule has 16 heavy (non-hydrogen) atoms. The van der Waals surface area contributed by atoms with Crippen LogP contribution in [0.4, 0.5) is 0 Å². The summed E-state index contributed by atoms with van der Waals surface area (Å²) >= 11 is 0. The smallest absolute Gasteiger partial charge is 0.0195 e. The quantitative estimate of drug-likeness (QED) is 0.793. The highest BCUT2D eigenvalue weighted by Crippen LogP contribution is 2.36. The Bertz CT molecular complexity index is 209. The maximum atomic E-state index is 3.60. The van der Waals surface area contributed by atoms with E-state index in [0.717, 1.165) is 12.1 Å². The van der Waals surface area contributed by atoms with Crippen molar-refractivity contribution >= 4 is 0 Å². The van der Waals surface area contributed by atoms with E-state index >= 15 is 0 Å². The number of likely N-dealkylation sites (N-methyl/N-ethyl adjacent to an activating group) is 1. The normalized spacial score (nSPS) is 31.1. The molecule has 1 N–H and O–H groups in total. The summed E-state index contributed by atoms with van der Waals surface area (Å²) in [7, 11) is 2.32. The van der Waals surface area contributed by atoms with E-state index in [4.69, 9.17) is 0 Å². The minimum Gasteiger partial charge on any atom is -0.313 e. The molecule has 0 aromatic carbocycles. The first-order valence-corrected chi connectivity index (χ1v) is 7.00. The van der Waals surface area contributed by atoms with Gasteiger partial charge in [-0.15, -0.1) is 0 Å². The van der Waals surface area contributed by atoms with Crippen molar-refractivity contribution in [2.45, 2.75) is 64.5 Å². The van der Waals surface area contributed by atoms with Gasteiger partial charge in [0.15, 0.2) is 0 Å². The van der Waals surface area contributed by atoms with Crippen molar-refractivity contribution in [3.8, 4) is 0 Å². The zero-order valence-corrected chi connectivity index (χ0v) is 11.3. The van der Waals surface area contributed by atoms with Crippen molar-refractivity contribution in [3.63, 3.8) is 0 Å². The van der Waals surface area contributed by atoms with Gasteiger partial charge in [-0.05, 0) is 57.5 Å². The summed E-state index contributed by atoms with van der Waals surface area (Å²) in [6, 6.07) is 1.61. The van der Waals surface area contributed by atoms with Crippen molar-refractivity contribution in [3.05, 3.63) is 0 Å². The molecular formula is C14H28N2. The lowest BCUT2D eigenvalue weighted by molar-refractivity contribution is 0.121. The van der Waals surface area contributed by atoms with Gasteiger partial charge in [0.05, 0.1) is 0 Å². The van der Waals surface area contributed by atoms with Crippen LogP contribution in [-0.2, 0) is 0 Å². The minimum absolute atomic E-state index is 0.600. The highest BCUT2D eigenvalue weighted by Gasteiger charge is 2.29. The zero-order chi connectivity index (χ0) is 11.6. The molecule has 0 bridgehead atoms. The van der Waals surface area contributed by atoms with E-state index in [1.807, 2.05) is 0 Å². The fraction of sp³-hybridized carbons (Fsp3) is 1.00. The molecule has 1 saturated carbocycles. The fourth-order valence-electron chi connectivity index (χ4n) is 3.23. The highest BCUT2D eigenvalue weighted by atomic mass is 15.2. The molecule has 0 spiro atoms. The number of hydrogen-bond donors (Lipinski definition) is 1. The molecule has 0 aromatic heterocycles. The maximum Gasteiger partial charge on any atom is 0.0195 e. The van der Waals surface area contributed by atoms with Gasteiger partial charge in [0.25, 0.3) is 0 Å². The molecule has 1 heterocycles. The molecule has 0 amide bonds. The predicted molar refractivity (Wildman–Crippen MR) is 69.7 cm³/mol. The summed E-state index contributed by atoms with van der Waals surface area (Å²) in [5.74, 6) is 0. The molecule has 0 radical (unpaired) electrons. The monoisotopic (exact) mass is 224 g/mol. The van der Waals surface area contributed by atoms with Crippen molar-refractivity contribution in [1.82, 2.24) is 10.2 Å². The molecule has 1 aliphatic heterocycles. The zero-order valence-electron chi connectivity index (χ0n) is 11.3. The number of hydrogen-bond acceptors (Lipinski definition) is 2. The molecule has 2 heteroatoms. The average molecular weight is 224 g/mol.